The summed E-state index contributed by atoms with van der Waals surface area (Å²) in [5.74, 6) is 1.09. The molecule has 0 bridgehead atoms. The smallest absolute Gasteiger partial charge is 0.416 e. The fourth-order valence-electron chi connectivity index (χ4n) is 2.32. The standard InChI is InChI=1S/C19H15F3N4O2/c1-11(2)17-25-15(9-23)18(28-17)26-24-10-14-6-7-16(27-14)12-4-3-5-13(8-12)19(20,21)22/h3-8,10-11,26H,1-2H3/b24-10+. The quantitative estimate of drug-likeness (QED) is 0.467. The molecule has 3 aromatic rings. The largest absolute Gasteiger partial charge is 0.455 e. The number of hydrazone groups is 1. The SMILES string of the molecule is CC(C)c1nc(C#N)c(N/N=C/c2ccc(-c3cccc(C(F)(F)F)c3)o2)o1. The Morgan fingerprint density at radius 2 is 2.00 bits per heavy atom. The Morgan fingerprint density at radius 3 is 2.68 bits per heavy atom. The van der Waals surface area contributed by atoms with Gasteiger partial charge in [-0.25, -0.2) is 10.4 Å². The van der Waals surface area contributed by atoms with Crippen molar-refractivity contribution in [3.05, 3.63) is 59.3 Å². The lowest BCUT2D eigenvalue weighted by Crippen LogP contribution is -2.04. The van der Waals surface area contributed by atoms with Crippen LogP contribution in [0, 0.1) is 11.3 Å². The highest BCUT2D eigenvalue weighted by molar-refractivity contribution is 5.78. The number of aromatic nitrogens is 1. The molecule has 0 spiro atoms. The van der Waals surface area contributed by atoms with Crippen LogP contribution in [0.15, 0.2) is 50.3 Å². The predicted octanol–water partition coefficient (Wildman–Crippen LogP) is 5.39. The second-order valence-corrected chi connectivity index (χ2v) is 6.15. The summed E-state index contributed by atoms with van der Waals surface area (Å²) in [6.45, 7) is 3.75. The third-order valence-electron chi connectivity index (χ3n) is 3.70. The third kappa shape index (κ3) is 4.23. The van der Waals surface area contributed by atoms with E-state index in [0.29, 0.717) is 17.2 Å². The van der Waals surface area contributed by atoms with Gasteiger partial charge < -0.3 is 8.83 Å². The van der Waals surface area contributed by atoms with Crippen molar-refractivity contribution in [3.63, 3.8) is 0 Å². The first-order chi connectivity index (χ1) is 13.3. The van der Waals surface area contributed by atoms with Gasteiger partial charge in [0.15, 0.2) is 0 Å². The molecule has 28 heavy (non-hydrogen) atoms. The molecule has 9 heteroatoms. The van der Waals surface area contributed by atoms with E-state index in [2.05, 4.69) is 15.5 Å². The normalized spacial score (nSPS) is 11.9. The highest BCUT2D eigenvalue weighted by atomic mass is 19.4. The van der Waals surface area contributed by atoms with Crippen molar-refractivity contribution in [2.24, 2.45) is 5.10 Å². The van der Waals surface area contributed by atoms with E-state index < -0.39 is 11.7 Å². The van der Waals surface area contributed by atoms with Crippen LogP contribution >= 0.6 is 0 Å². The lowest BCUT2D eigenvalue weighted by Gasteiger charge is -2.07. The summed E-state index contributed by atoms with van der Waals surface area (Å²) >= 11 is 0. The molecule has 0 atom stereocenters. The van der Waals surface area contributed by atoms with Crippen molar-refractivity contribution < 1.29 is 22.0 Å². The molecule has 144 valence electrons. The van der Waals surface area contributed by atoms with E-state index >= 15 is 0 Å². The minimum absolute atomic E-state index is 0.00623. The molecule has 0 aliphatic carbocycles. The van der Waals surface area contributed by atoms with Crippen LogP contribution in [0.5, 0.6) is 0 Å². The monoisotopic (exact) mass is 388 g/mol. The van der Waals surface area contributed by atoms with Gasteiger partial charge in [-0.3, -0.25) is 0 Å². The topological polar surface area (TPSA) is 87.4 Å². The van der Waals surface area contributed by atoms with Crippen molar-refractivity contribution >= 4 is 12.1 Å². The Hall–Kier alpha value is -3.54. The van der Waals surface area contributed by atoms with E-state index in [1.165, 1.54) is 18.3 Å². The molecule has 0 radical (unpaired) electrons. The first-order valence-electron chi connectivity index (χ1n) is 8.25. The molecule has 1 N–H and O–H groups in total. The Bertz CT molecular complexity index is 1040. The van der Waals surface area contributed by atoms with Crippen LogP contribution in [0.4, 0.5) is 19.1 Å². The first kappa shape index (κ1) is 19.2. The molecule has 1 aromatic carbocycles. The van der Waals surface area contributed by atoms with E-state index in [0.717, 1.165) is 12.1 Å². The van der Waals surface area contributed by atoms with Gasteiger partial charge in [-0.05, 0) is 24.3 Å². The van der Waals surface area contributed by atoms with Gasteiger partial charge in [-0.2, -0.15) is 23.5 Å². The number of hydrogen-bond acceptors (Lipinski definition) is 6. The summed E-state index contributed by atoms with van der Waals surface area (Å²) in [5.41, 5.74) is 2.19. The fourth-order valence-corrected chi connectivity index (χ4v) is 2.32. The minimum atomic E-state index is -4.43. The highest BCUT2D eigenvalue weighted by Gasteiger charge is 2.30. The number of furan rings is 1. The first-order valence-corrected chi connectivity index (χ1v) is 8.25. The maximum atomic E-state index is 12.8. The van der Waals surface area contributed by atoms with Gasteiger partial charge in [0.2, 0.25) is 11.6 Å². The summed E-state index contributed by atoms with van der Waals surface area (Å²) in [6.07, 6.45) is -3.11. The van der Waals surface area contributed by atoms with Gasteiger partial charge in [-0.15, -0.1) is 0 Å². The van der Waals surface area contributed by atoms with Crippen molar-refractivity contribution in [2.45, 2.75) is 25.9 Å². The maximum absolute atomic E-state index is 12.8. The zero-order valence-electron chi connectivity index (χ0n) is 14.9. The summed E-state index contributed by atoms with van der Waals surface area (Å²) in [5, 5.41) is 13.0. The van der Waals surface area contributed by atoms with Gasteiger partial charge in [0.25, 0.3) is 5.88 Å². The van der Waals surface area contributed by atoms with E-state index in [4.69, 9.17) is 14.1 Å². The lowest BCUT2D eigenvalue weighted by molar-refractivity contribution is -0.137. The number of nitrogens with zero attached hydrogens (tertiary/aromatic N) is 3. The average Bonchev–Trinajstić information content (AvgIpc) is 3.28. The van der Waals surface area contributed by atoms with E-state index in [9.17, 15) is 13.2 Å². The number of nitriles is 1. The summed E-state index contributed by atoms with van der Waals surface area (Å²) in [6, 6.07) is 9.86. The molecular formula is C19H15F3N4O2. The summed E-state index contributed by atoms with van der Waals surface area (Å²) in [4.78, 5) is 4.05. The third-order valence-corrected chi connectivity index (χ3v) is 3.70. The molecule has 0 aliphatic heterocycles. The molecule has 0 fully saturated rings. The number of alkyl halides is 3. The average molecular weight is 388 g/mol. The molecule has 0 saturated heterocycles. The van der Waals surface area contributed by atoms with Crippen molar-refractivity contribution in [1.29, 1.82) is 5.26 Å². The van der Waals surface area contributed by atoms with Crippen LogP contribution in [0.1, 0.15) is 42.7 Å². The van der Waals surface area contributed by atoms with E-state index in [1.54, 1.807) is 12.1 Å². The molecule has 0 unspecified atom stereocenters. The zero-order valence-corrected chi connectivity index (χ0v) is 14.9. The molecule has 0 saturated carbocycles. The minimum Gasteiger partial charge on any atom is -0.455 e. The number of halogens is 3. The van der Waals surface area contributed by atoms with Gasteiger partial charge in [0, 0.05) is 11.5 Å². The molecule has 0 amide bonds. The van der Waals surface area contributed by atoms with Crippen molar-refractivity contribution in [3.8, 4) is 17.4 Å². The number of oxazole rings is 1. The second kappa shape index (κ2) is 7.60. The van der Waals surface area contributed by atoms with Gasteiger partial charge in [0.1, 0.15) is 17.6 Å². The Kier molecular flexibility index (Phi) is 5.22. The number of benzene rings is 1. The highest BCUT2D eigenvalue weighted by Crippen LogP contribution is 2.32. The second-order valence-electron chi connectivity index (χ2n) is 6.15. The van der Waals surface area contributed by atoms with Crippen LogP contribution in [0.2, 0.25) is 0 Å². The molecule has 2 heterocycles. The van der Waals surface area contributed by atoms with E-state index in [-0.39, 0.29) is 23.3 Å². The molecule has 0 aliphatic rings. The molecular weight excluding hydrogens is 373 g/mol. The van der Waals surface area contributed by atoms with Crippen LogP contribution in [-0.4, -0.2) is 11.2 Å². The summed E-state index contributed by atoms with van der Waals surface area (Å²) < 4.78 is 49.4. The Labute approximate surface area is 158 Å². The fraction of sp³-hybridized carbons (Fsp3) is 0.211. The number of anilines is 1. The zero-order chi connectivity index (χ0) is 20.3. The number of nitrogens with one attached hydrogen (secondary N) is 1. The van der Waals surface area contributed by atoms with Gasteiger partial charge in [-0.1, -0.05) is 26.0 Å². The maximum Gasteiger partial charge on any atom is 0.416 e. The molecule has 6 nitrogen and oxygen atoms in total. The molecule has 3 rings (SSSR count). The van der Waals surface area contributed by atoms with Crippen LogP contribution in [-0.2, 0) is 6.18 Å². The van der Waals surface area contributed by atoms with Crippen LogP contribution in [0.25, 0.3) is 11.3 Å². The van der Waals surface area contributed by atoms with Crippen molar-refractivity contribution in [1.82, 2.24) is 4.98 Å². The Morgan fingerprint density at radius 1 is 1.21 bits per heavy atom. The Balaban J connectivity index is 1.74. The summed E-state index contributed by atoms with van der Waals surface area (Å²) in [7, 11) is 0. The predicted molar refractivity (Wildman–Crippen MR) is 95.7 cm³/mol. The van der Waals surface area contributed by atoms with E-state index in [1.807, 2.05) is 19.9 Å². The molecule has 2 aromatic heterocycles. The number of hydrogen-bond donors (Lipinski definition) is 1. The number of rotatable bonds is 5. The van der Waals surface area contributed by atoms with Crippen LogP contribution < -0.4 is 5.43 Å². The lowest BCUT2D eigenvalue weighted by atomic mass is 10.1. The van der Waals surface area contributed by atoms with Crippen LogP contribution in [0.3, 0.4) is 0 Å². The van der Waals surface area contributed by atoms with Crippen molar-refractivity contribution in [2.75, 3.05) is 5.43 Å². The van der Waals surface area contributed by atoms with Gasteiger partial charge >= 0.3 is 6.18 Å². The van der Waals surface area contributed by atoms with Gasteiger partial charge in [0.05, 0.1) is 11.8 Å².